The molecule has 1 atom stereocenters. The summed E-state index contributed by atoms with van der Waals surface area (Å²) < 4.78 is 5.86. The van der Waals surface area contributed by atoms with E-state index in [1.54, 1.807) is 7.11 Å². The molecule has 0 bridgehead atoms. The van der Waals surface area contributed by atoms with Gasteiger partial charge in [0.15, 0.2) is 0 Å². The lowest BCUT2D eigenvalue weighted by Crippen LogP contribution is -2.63. The number of benzene rings is 2. The minimum Gasteiger partial charge on any atom is -0.495 e. The van der Waals surface area contributed by atoms with Crippen LogP contribution in [0.15, 0.2) is 55.1 Å². The molecule has 0 spiro atoms. The lowest BCUT2D eigenvalue weighted by atomic mass is 9.92. The summed E-state index contributed by atoms with van der Waals surface area (Å²) in [5.41, 5.74) is 4.27. The highest BCUT2D eigenvalue weighted by atomic mass is 16.5. The highest BCUT2D eigenvalue weighted by Crippen LogP contribution is 2.40. The van der Waals surface area contributed by atoms with Gasteiger partial charge in [0.25, 0.3) is 5.91 Å². The minimum atomic E-state index is -0.0566. The number of carbonyl (C=O) groups excluding carboxylic acids is 1. The predicted octanol–water partition coefficient (Wildman–Crippen LogP) is 5.24. The van der Waals surface area contributed by atoms with Gasteiger partial charge in [-0.1, -0.05) is 30.3 Å². The summed E-state index contributed by atoms with van der Waals surface area (Å²) in [5.74, 6) is 0.995. The molecule has 3 rings (SSSR count). The molecule has 0 radical (unpaired) electrons. The van der Waals surface area contributed by atoms with Gasteiger partial charge in [-0.15, -0.1) is 6.58 Å². The van der Waals surface area contributed by atoms with Gasteiger partial charge in [0.05, 0.1) is 12.8 Å². The summed E-state index contributed by atoms with van der Waals surface area (Å²) in [7, 11) is 1.75. The zero-order chi connectivity index (χ0) is 24.9. The Morgan fingerprint density at radius 2 is 1.85 bits per heavy atom. The van der Waals surface area contributed by atoms with Gasteiger partial charge in [-0.2, -0.15) is 0 Å². The Kier molecular flexibility index (Phi) is 8.42. The molecule has 184 valence electrons. The lowest BCUT2D eigenvalue weighted by Gasteiger charge is -2.52. The van der Waals surface area contributed by atoms with E-state index in [9.17, 15) is 4.79 Å². The zero-order valence-corrected chi connectivity index (χ0v) is 21.8. The van der Waals surface area contributed by atoms with E-state index in [4.69, 9.17) is 4.74 Å². The van der Waals surface area contributed by atoms with Gasteiger partial charge < -0.3 is 14.5 Å². The first-order chi connectivity index (χ1) is 16.2. The van der Waals surface area contributed by atoms with Gasteiger partial charge in [0.2, 0.25) is 0 Å². The number of hydrogen-bond acceptors (Lipinski definition) is 4. The van der Waals surface area contributed by atoms with Crippen molar-refractivity contribution in [3.63, 3.8) is 0 Å². The molecule has 1 fully saturated rings. The number of hydrogen-bond donors (Lipinski definition) is 0. The van der Waals surface area contributed by atoms with Gasteiger partial charge in [-0.25, -0.2) is 0 Å². The van der Waals surface area contributed by atoms with Crippen LogP contribution in [-0.4, -0.2) is 67.1 Å². The van der Waals surface area contributed by atoms with Crippen molar-refractivity contribution in [2.45, 2.75) is 52.6 Å². The number of nitrogens with zero attached hydrogens (tertiary/aromatic N) is 3. The largest absolute Gasteiger partial charge is 0.495 e. The number of para-hydroxylation sites is 1. The van der Waals surface area contributed by atoms with E-state index in [0.29, 0.717) is 6.04 Å². The molecule has 2 aromatic rings. The molecule has 1 saturated heterocycles. The van der Waals surface area contributed by atoms with E-state index in [-0.39, 0.29) is 11.4 Å². The second-order valence-corrected chi connectivity index (χ2v) is 9.81. The fourth-order valence-electron chi connectivity index (χ4n) is 5.03. The third kappa shape index (κ3) is 5.47. The number of methoxy groups -OCH3 is 1. The van der Waals surface area contributed by atoms with Crippen molar-refractivity contribution in [3.8, 4) is 5.75 Å². The molecule has 0 aliphatic carbocycles. The number of carbonyl (C=O) groups is 1. The molecule has 0 N–H and O–H groups in total. The SMILES string of the molecule is C=CCN1CC(C)(C)N(c2c(Cc3ccc(C(=O)N(CC)CC)cc3)cccc2OC)CC1C. The van der Waals surface area contributed by atoms with Crippen molar-refractivity contribution in [1.29, 1.82) is 0 Å². The standard InChI is InChI=1S/C29H41N3O2/c1-8-18-31-21-29(5,6)32(20-22(31)4)27-25(12-11-13-26(27)34-7)19-23-14-16-24(17-15-23)28(33)30(9-2)10-3/h8,11-17,22H,1,9-10,18-21H2,2-7H3. The van der Waals surface area contributed by atoms with Crippen LogP contribution in [0.4, 0.5) is 5.69 Å². The Hall–Kier alpha value is -2.79. The Balaban J connectivity index is 1.91. The third-order valence-electron chi connectivity index (χ3n) is 6.97. The summed E-state index contributed by atoms with van der Waals surface area (Å²) in [6.45, 7) is 19.1. The number of rotatable bonds is 9. The maximum Gasteiger partial charge on any atom is 0.253 e. The van der Waals surface area contributed by atoms with Crippen LogP contribution >= 0.6 is 0 Å². The fourth-order valence-corrected chi connectivity index (χ4v) is 5.03. The van der Waals surface area contributed by atoms with Gasteiger partial charge in [0.1, 0.15) is 5.75 Å². The van der Waals surface area contributed by atoms with Crippen molar-refractivity contribution < 1.29 is 9.53 Å². The van der Waals surface area contributed by atoms with Gasteiger partial charge in [-0.05, 0) is 70.4 Å². The van der Waals surface area contributed by atoms with Crippen molar-refractivity contribution in [1.82, 2.24) is 9.80 Å². The Morgan fingerprint density at radius 1 is 1.18 bits per heavy atom. The van der Waals surface area contributed by atoms with E-state index in [2.05, 4.69) is 67.5 Å². The second-order valence-electron chi connectivity index (χ2n) is 9.81. The van der Waals surface area contributed by atoms with E-state index < -0.39 is 0 Å². The number of anilines is 1. The van der Waals surface area contributed by atoms with Crippen LogP contribution in [-0.2, 0) is 6.42 Å². The first-order valence-corrected chi connectivity index (χ1v) is 12.4. The Morgan fingerprint density at radius 3 is 2.44 bits per heavy atom. The molecule has 1 aliphatic heterocycles. The summed E-state index contributed by atoms with van der Waals surface area (Å²) in [6.07, 6.45) is 2.77. The van der Waals surface area contributed by atoms with Gasteiger partial charge in [0, 0.05) is 49.9 Å². The van der Waals surface area contributed by atoms with Crippen LogP contribution in [0.25, 0.3) is 0 Å². The fraction of sp³-hybridized carbons (Fsp3) is 0.483. The molecule has 1 amide bonds. The molecule has 5 heteroatoms. The molecule has 34 heavy (non-hydrogen) atoms. The molecular formula is C29H41N3O2. The summed E-state index contributed by atoms with van der Waals surface area (Å²) in [4.78, 5) is 19.5. The van der Waals surface area contributed by atoms with Crippen molar-refractivity contribution >= 4 is 11.6 Å². The first kappa shape index (κ1) is 25.8. The van der Waals surface area contributed by atoms with E-state index >= 15 is 0 Å². The summed E-state index contributed by atoms with van der Waals surface area (Å²) >= 11 is 0. The Bertz CT molecular complexity index is 979. The topological polar surface area (TPSA) is 36.0 Å². The molecule has 2 aromatic carbocycles. The summed E-state index contributed by atoms with van der Waals surface area (Å²) in [6, 6.07) is 14.8. The van der Waals surface area contributed by atoms with Crippen LogP contribution in [0.2, 0.25) is 0 Å². The number of ether oxygens (including phenoxy) is 1. The van der Waals surface area contributed by atoms with Crippen LogP contribution in [0.5, 0.6) is 5.75 Å². The van der Waals surface area contributed by atoms with Crippen LogP contribution in [0, 0.1) is 0 Å². The van der Waals surface area contributed by atoms with Gasteiger partial charge in [-0.3, -0.25) is 9.69 Å². The second kappa shape index (κ2) is 11.1. The number of piperazine rings is 1. The molecule has 0 aromatic heterocycles. The smallest absolute Gasteiger partial charge is 0.253 e. The Labute approximate surface area is 206 Å². The van der Waals surface area contributed by atoms with Crippen LogP contribution in [0.3, 0.4) is 0 Å². The van der Waals surface area contributed by atoms with E-state index in [1.807, 2.05) is 37.0 Å². The molecule has 0 saturated carbocycles. The maximum absolute atomic E-state index is 12.7. The minimum absolute atomic E-state index is 0.0566. The molecule has 1 heterocycles. The monoisotopic (exact) mass is 463 g/mol. The predicted molar refractivity (Wildman–Crippen MR) is 142 cm³/mol. The quantitative estimate of drug-likeness (QED) is 0.476. The average molecular weight is 464 g/mol. The van der Waals surface area contributed by atoms with E-state index in [1.165, 1.54) is 16.8 Å². The summed E-state index contributed by atoms with van der Waals surface area (Å²) in [5, 5.41) is 0. The maximum atomic E-state index is 12.7. The van der Waals surface area contributed by atoms with Crippen molar-refractivity contribution in [3.05, 3.63) is 71.8 Å². The lowest BCUT2D eigenvalue weighted by molar-refractivity contribution is 0.0773. The van der Waals surface area contributed by atoms with Crippen molar-refractivity contribution in [2.75, 3.05) is 44.7 Å². The van der Waals surface area contributed by atoms with Crippen LogP contribution < -0.4 is 9.64 Å². The molecule has 5 nitrogen and oxygen atoms in total. The third-order valence-corrected chi connectivity index (χ3v) is 6.97. The zero-order valence-electron chi connectivity index (χ0n) is 21.8. The number of amides is 1. The molecular weight excluding hydrogens is 422 g/mol. The molecule has 1 aliphatic rings. The van der Waals surface area contributed by atoms with Crippen LogP contribution in [0.1, 0.15) is 56.1 Å². The first-order valence-electron chi connectivity index (χ1n) is 12.4. The average Bonchev–Trinajstić information content (AvgIpc) is 2.82. The normalized spacial score (nSPS) is 17.9. The van der Waals surface area contributed by atoms with Crippen molar-refractivity contribution in [2.24, 2.45) is 0 Å². The van der Waals surface area contributed by atoms with Gasteiger partial charge >= 0.3 is 0 Å². The van der Waals surface area contributed by atoms with E-state index in [0.717, 1.165) is 50.5 Å². The highest BCUT2D eigenvalue weighted by Gasteiger charge is 2.38. The molecule has 1 unspecified atom stereocenters. The highest BCUT2D eigenvalue weighted by molar-refractivity contribution is 5.94.